The lowest BCUT2D eigenvalue weighted by Gasteiger charge is -2.24. The fourth-order valence-electron chi connectivity index (χ4n) is 3.30. The molecule has 2 aromatic heterocycles. The monoisotopic (exact) mass is 417 g/mol. The van der Waals surface area contributed by atoms with Crippen LogP contribution in [0.2, 0.25) is 0 Å². The third-order valence-electron chi connectivity index (χ3n) is 4.73. The molecular weight excluding hydrogens is 401 g/mol. The van der Waals surface area contributed by atoms with Gasteiger partial charge in [-0.25, -0.2) is 9.07 Å². The van der Waals surface area contributed by atoms with Crippen LogP contribution in [0.3, 0.4) is 0 Å². The molecule has 0 fully saturated rings. The number of nitrogens with one attached hydrogen (secondary N) is 2. The highest BCUT2D eigenvalue weighted by Gasteiger charge is 2.26. The summed E-state index contributed by atoms with van der Waals surface area (Å²) in [5.74, 6) is 0.128. The van der Waals surface area contributed by atoms with Crippen LogP contribution >= 0.6 is 11.3 Å². The SMILES string of the molecule is O=C(Nc1nc2n(n1)C(c1ccc(F)cc1)C=C(c1ccccc1)N2)c1cccs1. The topological polar surface area (TPSA) is 71.8 Å². The van der Waals surface area contributed by atoms with E-state index in [0.717, 1.165) is 16.8 Å². The van der Waals surface area contributed by atoms with Crippen LogP contribution in [0.4, 0.5) is 16.3 Å². The molecule has 0 bridgehead atoms. The average Bonchev–Trinajstić information content (AvgIpc) is 3.44. The van der Waals surface area contributed by atoms with Gasteiger partial charge >= 0.3 is 0 Å². The minimum Gasteiger partial charge on any atom is -0.324 e. The second-order valence-corrected chi connectivity index (χ2v) is 7.65. The molecule has 1 amide bonds. The molecule has 6 nitrogen and oxygen atoms in total. The van der Waals surface area contributed by atoms with E-state index in [1.807, 2.05) is 47.9 Å². The van der Waals surface area contributed by atoms with E-state index in [-0.39, 0.29) is 23.7 Å². The van der Waals surface area contributed by atoms with Gasteiger partial charge in [0.05, 0.1) is 4.88 Å². The van der Waals surface area contributed by atoms with Gasteiger partial charge in [-0.2, -0.15) is 4.98 Å². The lowest BCUT2D eigenvalue weighted by atomic mass is 10.0. The third-order valence-corrected chi connectivity index (χ3v) is 5.60. The van der Waals surface area contributed by atoms with Crippen molar-refractivity contribution >= 4 is 34.8 Å². The second-order valence-electron chi connectivity index (χ2n) is 6.70. The van der Waals surface area contributed by atoms with Gasteiger partial charge in [-0.05, 0) is 40.8 Å². The van der Waals surface area contributed by atoms with Gasteiger partial charge in [0.1, 0.15) is 11.9 Å². The van der Waals surface area contributed by atoms with Crippen molar-refractivity contribution in [3.8, 4) is 0 Å². The van der Waals surface area contributed by atoms with Gasteiger partial charge in [0.15, 0.2) is 0 Å². The van der Waals surface area contributed by atoms with E-state index in [0.29, 0.717) is 10.8 Å². The molecule has 3 heterocycles. The molecule has 148 valence electrons. The number of halogens is 1. The highest BCUT2D eigenvalue weighted by atomic mass is 32.1. The zero-order valence-electron chi connectivity index (χ0n) is 15.6. The number of nitrogens with zero attached hydrogens (tertiary/aromatic N) is 3. The molecule has 0 aliphatic carbocycles. The Kier molecular flexibility index (Phi) is 4.61. The summed E-state index contributed by atoms with van der Waals surface area (Å²) in [4.78, 5) is 17.4. The second kappa shape index (κ2) is 7.57. The molecule has 5 rings (SSSR count). The van der Waals surface area contributed by atoms with E-state index < -0.39 is 0 Å². The minimum absolute atomic E-state index is 0.200. The van der Waals surface area contributed by atoms with Gasteiger partial charge in [0.25, 0.3) is 11.9 Å². The van der Waals surface area contributed by atoms with Gasteiger partial charge in [0, 0.05) is 5.70 Å². The van der Waals surface area contributed by atoms with Crippen LogP contribution in [-0.4, -0.2) is 20.7 Å². The Morgan fingerprint density at radius 1 is 1.07 bits per heavy atom. The average molecular weight is 417 g/mol. The van der Waals surface area contributed by atoms with Crippen LogP contribution in [0.25, 0.3) is 5.70 Å². The number of rotatable bonds is 4. The number of thiophene rings is 1. The summed E-state index contributed by atoms with van der Waals surface area (Å²) in [5, 5.41) is 12.3. The number of hydrogen-bond acceptors (Lipinski definition) is 5. The Bertz CT molecular complexity index is 1220. The van der Waals surface area contributed by atoms with Gasteiger partial charge in [-0.3, -0.25) is 10.1 Å². The number of benzene rings is 2. The fraction of sp³-hybridized carbons (Fsp3) is 0.0455. The number of carbonyl (C=O) groups is 1. The predicted molar refractivity (Wildman–Crippen MR) is 115 cm³/mol. The fourth-order valence-corrected chi connectivity index (χ4v) is 3.92. The van der Waals surface area contributed by atoms with Crippen molar-refractivity contribution < 1.29 is 9.18 Å². The molecule has 0 radical (unpaired) electrons. The van der Waals surface area contributed by atoms with Gasteiger partial charge in [0.2, 0.25) is 5.95 Å². The predicted octanol–water partition coefficient (Wildman–Crippen LogP) is 4.79. The van der Waals surface area contributed by atoms with Crippen molar-refractivity contribution in [2.45, 2.75) is 6.04 Å². The Morgan fingerprint density at radius 3 is 2.60 bits per heavy atom. The summed E-state index contributed by atoms with van der Waals surface area (Å²) in [6, 6.07) is 19.4. The number of amides is 1. The van der Waals surface area contributed by atoms with Crippen molar-refractivity contribution in [3.05, 3.63) is 100 Å². The van der Waals surface area contributed by atoms with Gasteiger partial charge in [-0.1, -0.05) is 48.5 Å². The minimum atomic E-state index is -0.308. The van der Waals surface area contributed by atoms with Gasteiger partial charge in [-0.15, -0.1) is 16.4 Å². The number of anilines is 2. The molecule has 1 atom stereocenters. The maximum Gasteiger partial charge on any atom is 0.268 e. The molecule has 2 N–H and O–H groups in total. The lowest BCUT2D eigenvalue weighted by molar-refractivity contribution is 0.102. The first-order valence-corrected chi connectivity index (χ1v) is 10.2. The third kappa shape index (κ3) is 3.48. The first-order valence-electron chi connectivity index (χ1n) is 9.28. The molecule has 0 saturated heterocycles. The van der Waals surface area contributed by atoms with Crippen LogP contribution in [0, 0.1) is 5.82 Å². The number of hydrogen-bond donors (Lipinski definition) is 2. The maximum atomic E-state index is 13.5. The Morgan fingerprint density at radius 2 is 1.87 bits per heavy atom. The zero-order valence-corrected chi connectivity index (χ0v) is 16.4. The van der Waals surface area contributed by atoms with E-state index in [1.165, 1.54) is 23.5 Å². The van der Waals surface area contributed by atoms with E-state index >= 15 is 0 Å². The highest BCUT2D eigenvalue weighted by Crippen LogP contribution is 2.33. The largest absolute Gasteiger partial charge is 0.324 e. The van der Waals surface area contributed by atoms with Crippen LogP contribution in [-0.2, 0) is 0 Å². The Hall–Kier alpha value is -3.78. The molecule has 4 aromatic rings. The first kappa shape index (κ1) is 18.3. The summed E-state index contributed by atoms with van der Waals surface area (Å²) >= 11 is 1.35. The molecule has 30 heavy (non-hydrogen) atoms. The number of allylic oxidation sites excluding steroid dienone is 1. The number of carbonyl (C=O) groups excluding carboxylic acids is 1. The summed E-state index contributed by atoms with van der Waals surface area (Å²) < 4.78 is 15.1. The lowest BCUT2D eigenvalue weighted by Crippen LogP contribution is -2.20. The van der Waals surface area contributed by atoms with Crippen LogP contribution in [0.5, 0.6) is 0 Å². The quantitative estimate of drug-likeness (QED) is 0.501. The number of aromatic nitrogens is 3. The normalized spacial score (nSPS) is 15.1. The van der Waals surface area contributed by atoms with Crippen LogP contribution in [0.15, 0.2) is 78.2 Å². The molecule has 1 aliphatic heterocycles. The van der Waals surface area contributed by atoms with Crippen LogP contribution in [0.1, 0.15) is 26.8 Å². The molecular formula is C22H16FN5OS. The molecule has 1 aliphatic rings. The summed E-state index contributed by atoms with van der Waals surface area (Å²) in [6.45, 7) is 0. The molecule has 0 saturated carbocycles. The summed E-state index contributed by atoms with van der Waals surface area (Å²) in [6.07, 6.45) is 2.01. The first-order chi connectivity index (χ1) is 14.7. The van der Waals surface area contributed by atoms with E-state index in [2.05, 4.69) is 20.7 Å². The standard InChI is InChI=1S/C22H16FN5OS/c23-16-10-8-15(9-11-16)18-13-17(14-5-2-1-3-6-14)24-22-26-21(27-28(18)22)25-20(29)19-7-4-12-30-19/h1-13,18H,(H2,24,25,26,27,29). The molecule has 0 spiro atoms. The number of fused-ring (bicyclic) bond motifs is 1. The maximum absolute atomic E-state index is 13.5. The molecule has 8 heteroatoms. The molecule has 2 aromatic carbocycles. The highest BCUT2D eigenvalue weighted by molar-refractivity contribution is 7.12. The van der Waals surface area contributed by atoms with Crippen LogP contribution < -0.4 is 10.6 Å². The van der Waals surface area contributed by atoms with Crippen molar-refractivity contribution in [3.63, 3.8) is 0 Å². The van der Waals surface area contributed by atoms with Crippen molar-refractivity contribution in [1.82, 2.24) is 14.8 Å². The Balaban J connectivity index is 1.53. The molecule has 1 unspecified atom stereocenters. The van der Waals surface area contributed by atoms with Crippen molar-refractivity contribution in [2.75, 3.05) is 10.6 Å². The van der Waals surface area contributed by atoms with E-state index in [1.54, 1.807) is 22.9 Å². The van der Waals surface area contributed by atoms with Gasteiger partial charge < -0.3 is 5.32 Å². The Labute approximate surface area is 175 Å². The van der Waals surface area contributed by atoms with Crippen molar-refractivity contribution in [1.29, 1.82) is 0 Å². The summed E-state index contributed by atoms with van der Waals surface area (Å²) in [5.41, 5.74) is 2.71. The smallest absolute Gasteiger partial charge is 0.268 e. The van der Waals surface area contributed by atoms with E-state index in [9.17, 15) is 9.18 Å². The zero-order chi connectivity index (χ0) is 20.5. The summed E-state index contributed by atoms with van der Waals surface area (Å²) in [7, 11) is 0. The van der Waals surface area contributed by atoms with Crippen molar-refractivity contribution in [2.24, 2.45) is 0 Å². The van der Waals surface area contributed by atoms with E-state index in [4.69, 9.17) is 0 Å².